The minimum absolute atomic E-state index is 0.0490. The highest BCUT2D eigenvalue weighted by atomic mass is 35.5. The van der Waals surface area contributed by atoms with Gasteiger partial charge in [-0.3, -0.25) is 13.9 Å². The molecule has 1 atom stereocenters. The number of halogens is 3. The Balaban J connectivity index is 1.80. The van der Waals surface area contributed by atoms with Crippen LogP contribution in [0, 0.1) is 0 Å². The summed E-state index contributed by atoms with van der Waals surface area (Å²) in [6.45, 7) is -0.676. The quantitative estimate of drug-likeness (QED) is 0.192. The van der Waals surface area contributed by atoms with Crippen LogP contribution in [0.15, 0.2) is 102 Å². The van der Waals surface area contributed by atoms with Gasteiger partial charge in [-0.15, -0.1) is 0 Å². The Bertz CT molecular complexity index is 1720. The van der Waals surface area contributed by atoms with Gasteiger partial charge in [0, 0.05) is 25.0 Å². The number of nitrogens with zero attached hydrogens (tertiary/aromatic N) is 2. The fourth-order valence-corrected chi connectivity index (χ4v) is 6.50. The van der Waals surface area contributed by atoms with Gasteiger partial charge < -0.3 is 15.0 Å². The van der Waals surface area contributed by atoms with E-state index >= 15 is 0 Å². The van der Waals surface area contributed by atoms with Gasteiger partial charge in [-0.05, 0) is 65.7 Å². The molecule has 4 rings (SSSR count). The van der Waals surface area contributed by atoms with E-state index < -0.39 is 34.4 Å². The molecule has 0 aliphatic carbocycles. The SMILES string of the molecule is CNC(=O)[C@@H](Cc1ccccc1)N(Cc1ccc(Cl)c(Cl)c1)C(=O)CN(c1cccc(Cl)c1)S(=O)(=O)c1ccc(OC)cc1. The molecule has 0 spiro atoms. The Hall–Kier alpha value is -3.76. The average molecular weight is 675 g/mol. The summed E-state index contributed by atoms with van der Waals surface area (Å²) in [5, 5.41) is 3.54. The molecule has 0 saturated carbocycles. The maximum Gasteiger partial charge on any atom is 0.264 e. The lowest BCUT2D eigenvalue weighted by Gasteiger charge is -2.33. The first-order chi connectivity index (χ1) is 21.0. The van der Waals surface area contributed by atoms with Crippen LogP contribution in [-0.2, 0) is 32.6 Å². The molecule has 230 valence electrons. The third-order valence-corrected chi connectivity index (χ3v) is 9.64. The summed E-state index contributed by atoms with van der Waals surface area (Å²) in [6, 6.07) is 25.2. The molecule has 0 radical (unpaired) electrons. The van der Waals surface area contributed by atoms with E-state index in [-0.39, 0.29) is 33.6 Å². The Morgan fingerprint density at radius 2 is 1.55 bits per heavy atom. The average Bonchev–Trinajstić information content (AvgIpc) is 3.03. The van der Waals surface area contributed by atoms with Gasteiger partial charge in [0.25, 0.3) is 10.0 Å². The second-order valence-electron chi connectivity index (χ2n) is 9.76. The normalized spacial score (nSPS) is 11.8. The number of likely N-dealkylation sites (N-methyl/N-ethyl adjacent to an activating group) is 1. The topological polar surface area (TPSA) is 96.0 Å². The van der Waals surface area contributed by atoms with Crippen LogP contribution in [0.4, 0.5) is 5.69 Å². The molecule has 4 aromatic rings. The predicted octanol–water partition coefficient (Wildman–Crippen LogP) is 6.24. The van der Waals surface area contributed by atoms with Gasteiger partial charge in [0.15, 0.2) is 0 Å². The predicted molar refractivity (Wildman–Crippen MR) is 174 cm³/mol. The summed E-state index contributed by atoms with van der Waals surface area (Å²) in [4.78, 5) is 29.0. The van der Waals surface area contributed by atoms with E-state index in [0.717, 1.165) is 9.87 Å². The van der Waals surface area contributed by atoms with Gasteiger partial charge >= 0.3 is 0 Å². The highest BCUT2D eigenvalue weighted by molar-refractivity contribution is 7.92. The number of benzene rings is 4. The molecule has 8 nitrogen and oxygen atoms in total. The van der Waals surface area contributed by atoms with E-state index in [9.17, 15) is 18.0 Å². The summed E-state index contributed by atoms with van der Waals surface area (Å²) in [7, 11) is -1.33. The Kier molecular flexibility index (Phi) is 11.2. The number of nitrogens with one attached hydrogen (secondary N) is 1. The van der Waals surface area contributed by atoms with Crippen molar-refractivity contribution >= 4 is 62.3 Å². The number of amides is 2. The maximum atomic E-state index is 14.3. The Morgan fingerprint density at radius 1 is 0.841 bits per heavy atom. The number of hydrogen-bond donors (Lipinski definition) is 1. The van der Waals surface area contributed by atoms with Crippen LogP contribution in [0.25, 0.3) is 0 Å². The van der Waals surface area contributed by atoms with Gasteiger partial charge in [0.1, 0.15) is 18.3 Å². The van der Waals surface area contributed by atoms with E-state index in [1.807, 2.05) is 30.3 Å². The molecule has 0 aliphatic heterocycles. The summed E-state index contributed by atoms with van der Waals surface area (Å²) >= 11 is 18.7. The standard InChI is InChI=1S/C32H30Cl3N3O5S/c1-36-32(40)30(18-22-7-4-3-5-8-22)37(20-23-11-16-28(34)29(35)17-23)31(39)21-38(25-10-6-9-24(33)19-25)44(41,42)27-14-12-26(43-2)13-15-27/h3-17,19,30H,18,20-21H2,1-2H3,(H,36,40)/t30-/m1/s1. The molecule has 0 aliphatic rings. The van der Waals surface area contributed by atoms with Crippen LogP contribution < -0.4 is 14.4 Å². The second-order valence-corrected chi connectivity index (χ2v) is 12.9. The van der Waals surface area contributed by atoms with Gasteiger partial charge in [0.2, 0.25) is 11.8 Å². The second kappa shape index (κ2) is 14.8. The number of ether oxygens (including phenoxy) is 1. The van der Waals surface area contributed by atoms with Crippen LogP contribution >= 0.6 is 34.8 Å². The number of anilines is 1. The third kappa shape index (κ3) is 8.04. The van der Waals surface area contributed by atoms with Crippen molar-refractivity contribution in [3.05, 3.63) is 123 Å². The van der Waals surface area contributed by atoms with Gasteiger partial charge in [-0.2, -0.15) is 0 Å². The highest BCUT2D eigenvalue weighted by Crippen LogP contribution is 2.29. The number of hydrogen-bond acceptors (Lipinski definition) is 5. The van der Waals surface area contributed by atoms with Crippen molar-refractivity contribution in [2.75, 3.05) is 25.0 Å². The van der Waals surface area contributed by atoms with Crippen molar-refractivity contribution in [1.29, 1.82) is 0 Å². The van der Waals surface area contributed by atoms with Crippen molar-refractivity contribution < 1.29 is 22.7 Å². The van der Waals surface area contributed by atoms with Gasteiger partial charge in [-0.1, -0.05) is 77.3 Å². The third-order valence-electron chi connectivity index (χ3n) is 6.88. The fourth-order valence-electron chi connectivity index (χ4n) is 4.59. The Labute approximate surface area is 272 Å². The lowest BCUT2D eigenvalue weighted by molar-refractivity contribution is -0.139. The molecule has 0 aromatic heterocycles. The summed E-state index contributed by atoms with van der Waals surface area (Å²) in [5.74, 6) is -0.580. The van der Waals surface area contributed by atoms with Crippen molar-refractivity contribution in [1.82, 2.24) is 10.2 Å². The minimum Gasteiger partial charge on any atom is -0.497 e. The van der Waals surface area contributed by atoms with E-state index in [4.69, 9.17) is 39.5 Å². The molecule has 4 aromatic carbocycles. The molecule has 1 N–H and O–H groups in total. The van der Waals surface area contributed by atoms with E-state index in [1.165, 1.54) is 49.4 Å². The smallest absolute Gasteiger partial charge is 0.264 e. The first kappa shape index (κ1) is 33.1. The number of rotatable bonds is 12. The molecule has 2 amide bonds. The highest BCUT2D eigenvalue weighted by Gasteiger charge is 2.34. The molecule has 12 heteroatoms. The minimum atomic E-state index is -4.29. The molecule has 0 fully saturated rings. The van der Waals surface area contributed by atoms with E-state index in [2.05, 4.69) is 5.32 Å². The van der Waals surface area contributed by atoms with Crippen LogP contribution in [0.3, 0.4) is 0 Å². The van der Waals surface area contributed by atoms with E-state index in [1.54, 1.807) is 36.4 Å². The lowest BCUT2D eigenvalue weighted by Crippen LogP contribution is -2.53. The molecular weight excluding hydrogens is 645 g/mol. The molecule has 0 bridgehead atoms. The van der Waals surface area contributed by atoms with Crippen LogP contribution in [0.1, 0.15) is 11.1 Å². The largest absolute Gasteiger partial charge is 0.497 e. The van der Waals surface area contributed by atoms with E-state index in [0.29, 0.717) is 16.3 Å². The fraction of sp³-hybridized carbons (Fsp3) is 0.188. The lowest BCUT2D eigenvalue weighted by atomic mass is 10.0. The zero-order valence-electron chi connectivity index (χ0n) is 23.9. The summed E-state index contributed by atoms with van der Waals surface area (Å²) < 4.78 is 34.3. The van der Waals surface area contributed by atoms with Crippen molar-refractivity contribution in [3.63, 3.8) is 0 Å². The molecule has 0 saturated heterocycles. The number of carbonyl (C=O) groups excluding carboxylic acids is 2. The first-order valence-corrected chi connectivity index (χ1v) is 16.0. The molecule has 44 heavy (non-hydrogen) atoms. The zero-order valence-corrected chi connectivity index (χ0v) is 27.0. The summed E-state index contributed by atoms with van der Waals surface area (Å²) in [6.07, 6.45) is 0.177. The van der Waals surface area contributed by atoms with Crippen LogP contribution in [0.5, 0.6) is 5.75 Å². The first-order valence-electron chi connectivity index (χ1n) is 13.4. The van der Waals surface area contributed by atoms with Gasteiger partial charge in [-0.25, -0.2) is 8.42 Å². The monoisotopic (exact) mass is 673 g/mol. The summed E-state index contributed by atoms with van der Waals surface area (Å²) in [5.41, 5.74) is 1.59. The number of carbonyl (C=O) groups is 2. The van der Waals surface area contributed by atoms with Crippen molar-refractivity contribution in [2.45, 2.75) is 23.9 Å². The Morgan fingerprint density at radius 3 is 2.16 bits per heavy atom. The molecule has 0 heterocycles. The number of sulfonamides is 1. The molecular formula is C32H30Cl3N3O5S. The zero-order chi connectivity index (χ0) is 31.9. The van der Waals surface area contributed by atoms with Gasteiger partial charge in [0.05, 0.1) is 27.7 Å². The van der Waals surface area contributed by atoms with Crippen LogP contribution in [0.2, 0.25) is 15.1 Å². The molecule has 0 unspecified atom stereocenters. The van der Waals surface area contributed by atoms with Crippen molar-refractivity contribution in [2.24, 2.45) is 0 Å². The van der Waals surface area contributed by atoms with Crippen molar-refractivity contribution in [3.8, 4) is 5.75 Å². The van der Waals surface area contributed by atoms with Crippen LogP contribution in [-0.4, -0.2) is 51.9 Å². The maximum absolute atomic E-state index is 14.3. The number of methoxy groups -OCH3 is 1.